The highest BCUT2D eigenvalue weighted by atomic mass is 16.3. The van der Waals surface area contributed by atoms with Crippen LogP contribution < -0.4 is 16.2 Å². The summed E-state index contributed by atoms with van der Waals surface area (Å²) in [4.78, 5) is 46.4. The van der Waals surface area contributed by atoms with Gasteiger partial charge in [-0.2, -0.15) is 0 Å². The van der Waals surface area contributed by atoms with Crippen LogP contribution in [0.5, 0.6) is 0 Å². The van der Waals surface area contributed by atoms with Gasteiger partial charge in [0.05, 0.1) is 6.04 Å². The van der Waals surface area contributed by atoms with Gasteiger partial charge in [-0.05, 0) is 49.8 Å². The number of aromatic nitrogens is 2. The van der Waals surface area contributed by atoms with Gasteiger partial charge in [-0.25, -0.2) is 4.79 Å². The fraction of sp³-hybridized carbons (Fsp3) is 0.556. The fourth-order valence-electron chi connectivity index (χ4n) is 6.44. The number of hydrogen-bond acceptors (Lipinski definition) is 5. The van der Waals surface area contributed by atoms with Crippen LogP contribution in [0.4, 0.5) is 4.79 Å². The Morgan fingerprint density at radius 2 is 1.92 bits per heavy atom. The molecule has 1 saturated heterocycles. The van der Waals surface area contributed by atoms with E-state index in [-0.39, 0.29) is 36.1 Å². The lowest BCUT2D eigenvalue weighted by molar-refractivity contribution is -0.126. The second-order valence-electron chi connectivity index (χ2n) is 10.8. The Kier molecular flexibility index (Phi) is 6.03. The average molecular weight is 492 g/mol. The number of likely N-dealkylation sites (tertiary alicyclic amines) is 1. The molecule has 190 valence electrons. The molecule has 3 amide bonds. The molecule has 9 heteroatoms. The predicted octanol–water partition coefficient (Wildman–Crippen LogP) is 2.05. The lowest BCUT2D eigenvalue weighted by Crippen LogP contribution is -2.54. The van der Waals surface area contributed by atoms with Crippen molar-refractivity contribution in [3.05, 3.63) is 52.7 Å². The van der Waals surface area contributed by atoms with Crippen LogP contribution in [0.25, 0.3) is 11.1 Å². The minimum atomic E-state index is -0.771. The summed E-state index contributed by atoms with van der Waals surface area (Å²) in [5.74, 6) is -0.381. The largest absolute Gasteiger partial charge is 0.396 e. The van der Waals surface area contributed by atoms with Crippen LogP contribution in [-0.4, -0.2) is 56.7 Å². The van der Waals surface area contributed by atoms with E-state index >= 15 is 0 Å². The second kappa shape index (κ2) is 9.35. The van der Waals surface area contributed by atoms with Gasteiger partial charge < -0.3 is 25.2 Å². The van der Waals surface area contributed by atoms with Gasteiger partial charge in [0, 0.05) is 66.8 Å². The van der Waals surface area contributed by atoms with E-state index in [0.717, 1.165) is 49.8 Å². The summed E-state index contributed by atoms with van der Waals surface area (Å²) in [5, 5.41) is 16.6. The quantitative estimate of drug-likeness (QED) is 0.572. The molecule has 2 aliphatic heterocycles. The van der Waals surface area contributed by atoms with Crippen LogP contribution in [0, 0.1) is 17.8 Å². The van der Waals surface area contributed by atoms with Gasteiger partial charge in [0.1, 0.15) is 6.04 Å². The van der Waals surface area contributed by atoms with E-state index in [0.29, 0.717) is 24.6 Å². The number of carbonyl (C=O) groups excluding carboxylic acids is 2. The zero-order valence-corrected chi connectivity index (χ0v) is 20.3. The third kappa shape index (κ3) is 3.99. The van der Waals surface area contributed by atoms with Crippen molar-refractivity contribution < 1.29 is 14.7 Å². The predicted molar refractivity (Wildman–Crippen MR) is 133 cm³/mol. The molecule has 0 radical (unpaired) electrons. The fourth-order valence-corrected chi connectivity index (χ4v) is 6.44. The van der Waals surface area contributed by atoms with E-state index < -0.39 is 18.0 Å². The standard InChI is InChI=1S/C27H33N5O4/c33-15-21-20-14-31-22(10-9-19(26(31)35)17-4-3-11-28-13-17)23(20)32(27(36)30-18-5-1-2-6-18)24(21)25(34)29-12-16-7-8-16/h3-4,9-11,13,16,18,20-21,23-24,33H,1-2,5-8,12,14-15H2,(H,29,34)(H,30,36)/t20-,21-,23+,24-/m0/s1. The van der Waals surface area contributed by atoms with Gasteiger partial charge >= 0.3 is 6.03 Å². The van der Waals surface area contributed by atoms with Gasteiger partial charge in [-0.3, -0.25) is 14.6 Å². The van der Waals surface area contributed by atoms with Crippen molar-refractivity contribution >= 4 is 11.9 Å². The molecule has 2 aliphatic carbocycles. The summed E-state index contributed by atoms with van der Waals surface area (Å²) >= 11 is 0. The Morgan fingerprint density at radius 1 is 1.11 bits per heavy atom. The molecule has 4 heterocycles. The Bertz CT molecular complexity index is 1200. The summed E-state index contributed by atoms with van der Waals surface area (Å²) in [6.07, 6.45) is 9.58. The van der Waals surface area contributed by atoms with Gasteiger partial charge in [-0.1, -0.05) is 18.9 Å². The topological polar surface area (TPSA) is 117 Å². The Balaban J connectivity index is 1.37. The highest BCUT2D eigenvalue weighted by molar-refractivity contribution is 5.89. The lowest BCUT2D eigenvalue weighted by atomic mass is 9.88. The van der Waals surface area contributed by atoms with Crippen LogP contribution in [-0.2, 0) is 11.3 Å². The molecule has 0 spiro atoms. The van der Waals surface area contributed by atoms with E-state index in [1.165, 1.54) is 0 Å². The molecule has 0 aromatic carbocycles. The number of aliphatic hydroxyl groups is 1. The number of rotatable bonds is 6. The maximum atomic E-state index is 13.7. The highest BCUT2D eigenvalue weighted by Crippen LogP contribution is 2.49. The summed E-state index contributed by atoms with van der Waals surface area (Å²) in [6, 6.07) is 5.92. The zero-order valence-electron chi connectivity index (χ0n) is 20.3. The summed E-state index contributed by atoms with van der Waals surface area (Å²) in [6.45, 7) is 0.733. The minimum Gasteiger partial charge on any atom is -0.396 e. The number of amides is 3. The van der Waals surface area contributed by atoms with E-state index in [1.54, 1.807) is 34.0 Å². The van der Waals surface area contributed by atoms with Crippen molar-refractivity contribution in [2.45, 2.75) is 63.2 Å². The average Bonchev–Trinajstić information content (AvgIpc) is 3.28. The second-order valence-corrected chi connectivity index (χ2v) is 10.8. The first-order chi connectivity index (χ1) is 17.6. The summed E-state index contributed by atoms with van der Waals surface area (Å²) in [5.41, 5.74) is 1.86. The first-order valence-electron chi connectivity index (χ1n) is 13.2. The molecule has 4 atom stereocenters. The number of hydrogen-bond donors (Lipinski definition) is 3. The molecular weight excluding hydrogens is 458 g/mol. The number of urea groups is 1. The summed E-state index contributed by atoms with van der Waals surface area (Å²) < 4.78 is 1.72. The zero-order chi connectivity index (χ0) is 24.8. The van der Waals surface area contributed by atoms with E-state index in [9.17, 15) is 19.5 Å². The first kappa shape index (κ1) is 23.2. The van der Waals surface area contributed by atoms with Crippen molar-refractivity contribution in [1.82, 2.24) is 25.1 Å². The lowest BCUT2D eigenvalue weighted by Gasteiger charge is -2.32. The van der Waals surface area contributed by atoms with Gasteiger partial charge in [0.2, 0.25) is 5.91 Å². The maximum absolute atomic E-state index is 13.7. The first-order valence-corrected chi connectivity index (χ1v) is 13.2. The van der Waals surface area contributed by atoms with Crippen LogP contribution in [0.15, 0.2) is 41.5 Å². The number of nitrogens with zero attached hydrogens (tertiary/aromatic N) is 3. The molecule has 6 rings (SSSR count). The Morgan fingerprint density at radius 3 is 2.61 bits per heavy atom. The molecule has 2 aromatic rings. The molecule has 9 nitrogen and oxygen atoms in total. The molecule has 3 fully saturated rings. The smallest absolute Gasteiger partial charge is 0.318 e. The van der Waals surface area contributed by atoms with Crippen LogP contribution in [0.2, 0.25) is 0 Å². The van der Waals surface area contributed by atoms with E-state index in [2.05, 4.69) is 15.6 Å². The number of aliphatic hydroxyl groups excluding tert-OH is 1. The monoisotopic (exact) mass is 491 g/mol. The summed E-state index contributed by atoms with van der Waals surface area (Å²) in [7, 11) is 0. The molecule has 4 aliphatic rings. The molecule has 2 saturated carbocycles. The number of fused-ring (bicyclic) bond motifs is 3. The SMILES string of the molecule is O=C(NCC1CC1)[C@@H]1[C@@H](CO)[C@@H]2Cn3c(ccc(-c4cccnc4)c3=O)[C@@H]2N1C(=O)NC1CCCC1. The van der Waals surface area contributed by atoms with E-state index in [1.807, 2.05) is 12.1 Å². The third-order valence-corrected chi connectivity index (χ3v) is 8.50. The molecule has 3 N–H and O–H groups in total. The van der Waals surface area contributed by atoms with Gasteiger partial charge in [0.15, 0.2) is 0 Å². The Hall–Kier alpha value is -3.20. The maximum Gasteiger partial charge on any atom is 0.318 e. The van der Waals surface area contributed by atoms with E-state index in [4.69, 9.17) is 0 Å². The van der Waals surface area contributed by atoms with Crippen molar-refractivity contribution in [3.63, 3.8) is 0 Å². The molecule has 0 bridgehead atoms. The number of carbonyl (C=O) groups is 2. The Labute approximate surface area is 209 Å². The van der Waals surface area contributed by atoms with Crippen LogP contribution >= 0.6 is 0 Å². The molecule has 0 unspecified atom stereocenters. The van der Waals surface area contributed by atoms with Crippen LogP contribution in [0.1, 0.15) is 50.3 Å². The van der Waals surface area contributed by atoms with Crippen molar-refractivity contribution in [1.29, 1.82) is 0 Å². The normalized spacial score (nSPS) is 27.1. The van der Waals surface area contributed by atoms with Gasteiger partial charge in [0.25, 0.3) is 5.56 Å². The number of pyridine rings is 2. The van der Waals surface area contributed by atoms with Crippen molar-refractivity contribution in [2.24, 2.45) is 17.8 Å². The van der Waals surface area contributed by atoms with Crippen molar-refractivity contribution in [3.8, 4) is 11.1 Å². The number of nitrogens with one attached hydrogen (secondary N) is 2. The molecule has 2 aromatic heterocycles. The molecular formula is C27H33N5O4. The van der Waals surface area contributed by atoms with Crippen LogP contribution in [0.3, 0.4) is 0 Å². The van der Waals surface area contributed by atoms with Gasteiger partial charge in [-0.15, -0.1) is 0 Å². The minimum absolute atomic E-state index is 0.0934. The molecule has 36 heavy (non-hydrogen) atoms. The third-order valence-electron chi connectivity index (χ3n) is 8.50. The van der Waals surface area contributed by atoms with Crippen molar-refractivity contribution in [2.75, 3.05) is 13.2 Å². The highest BCUT2D eigenvalue weighted by Gasteiger charge is 2.57.